The van der Waals surface area contributed by atoms with E-state index >= 15 is 0 Å². The third kappa shape index (κ3) is 8.98. The first-order valence-electron chi connectivity index (χ1n) is 5.18. The lowest BCUT2D eigenvalue weighted by molar-refractivity contribution is -0.138. The largest absolute Gasteiger partial charge is 0.481 e. The molecule has 0 aromatic carbocycles. The van der Waals surface area contributed by atoms with Crippen LogP contribution in [0.3, 0.4) is 0 Å². The van der Waals surface area contributed by atoms with Crippen molar-refractivity contribution < 1.29 is 19.5 Å². The zero-order valence-corrected chi connectivity index (χ0v) is 9.36. The van der Waals surface area contributed by atoms with Crippen LogP contribution in [0.2, 0.25) is 0 Å². The van der Waals surface area contributed by atoms with Crippen LogP contribution < -0.4 is 11.1 Å². The van der Waals surface area contributed by atoms with Crippen LogP contribution in [-0.2, 0) is 14.4 Å². The van der Waals surface area contributed by atoms with Crippen molar-refractivity contribution in [2.45, 2.75) is 32.6 Å². The van der Waals surface area contributed by atoms with Gasteiger partial charge in [-0.15, -0.1) is 0 Å². The molecular formula is C10H18N2O4. The van der Waals surface area contributed by atoms with Gasteiger partial charge in [0.25, 0.3) is 0 Å². The maximum atomic E-state index is 11.3. The second kappa shape index (κ2) is 7.67. The number of hydrogen-bond donors (Lipinski definition) is 3. The van der Waals surface area contributed by atoms with Crippen LogP contribution >= 0.6 is 0 Å². The molecule has 0 aliphatic heterocycles. The number of nitrogens with two attached hydrogens (primary N) is 1. The van der Waals surface area contributed by atoms with Gasteiger partial charge >= 0.3 is 5.97 Å². The van der Waals surface area contributed by atoms with Crippen molar-refractivity contribution >= 4 is 17.8 Å². The van der Waals surface area contributed by atoms with E-state index in [1.807, 2.05) is 0 Å². The minimum Gasteiger partial charge on any atom is -0.481 e. The Morgan fingerprint density at radius 3 is 2.44 bits per heavy atom. The molecule has 0 aliphatic carbocycles. The molecule has 1 atom stereocenters. The van der Waals surface area contributed by atoms with Crippen molar-refractivity contribution in [1.82, 2.24) is 5.32 Å². The number of hydrogen-bond acceptors (Lipinski definition) is 3. The highest BCUT2D eigenvalue weighted by molar-refractivity contribution is 5.77. The Morgan fingerprint density at radius 2 is 1.94 bits per heavy atom. The SMILES string of the molecule is CC(CC(=O)O)CC(=O)NCCCC(N)=O. The Balaban J connectivity index is 3.58. The Kier molecular flexibility index (Phi) is 6.91. The lowest BCUT2D eigenvalue weighted by Crippen LogP contribution is -2.27. The number of carboxylic acid groups (broad SMARTS) is 1. The van der Waals surface area contributed by atoms with Gasteiger partial charge in [-0.05, 0) is 12.3 Å². The summed E-state index contributed by atoms with van der Waals surface area (Å²) in [6.07, 6.45) is 0.914. The van der Waals surface area contributed by atoms with E-state index in [1.165, 1.54) is 0 Å². The highest BCUT2D eigenvalue weighted by Crippen LogP contribution is 2.06. The molecule has 0 radical (unpaired) electrons. The lowest BCUT2D eigenvalue weighted by atomic mass is 10.0. The van der Waals surface area contributed by atoms with Crippen LogP contribution in [0.4, 0.5) is 0 Å². The molecule has 92 valence electrons. The molecule has 0 aliphatic rings. The molecule has 0 saturated heterocycles. The molecule has 0 bridgehead atoms. The molecule has 6 heteroatoms. The third-order valence-electron chi connectivity index (χ3n) is 1.98. The summed E-state index contributed by atoms with van der Waals surface area (Å²) in [5.74, 6) is -1.69. The average Bonchev–Trinajstić information content (AvgIpc) is 2.10. The molecule has 0 fully saturated rings. The van der Waals surface area contributed by atoms with Crippen molar-refractivity contribution in [2.24, 2.45) is 11.7 Å². The van der Waals surface area contributed by atoms with Crippen molar-refractivity contribution in [1.29, 1.82) is 0 Å². The number of primary amides is 1. The van der Waals surface area contributed by atoms with Gasteiger partial charge < -0.3 is 16.2 Å². The molecule has 6 nitrogen and oxygen atoms in total. The van der Waals surface area contributed by atoms with Crippen molar-refractivity contribution in [3.63, 3.8) is 0 Å². The van der Waals surface area contributed by atoms with Gasteiger partial charge in [0.05, 0.1) is 0 Å². The van der Waals surface area contributed by atoms with Crippen LogP contribution in [0.15, 0.2) is 0 Å². The molecule has 1 unspecified atom stereocenters. The van der Waals surface area contributed by atoms with Crippen LogP contribution in [0, 0.1) is 5.92 Å². The molecule has 0 saturated carbocycles. The fraction of sp³-hybridized carbons (Fsp3) is 0.700. The molecule has 2 amide bonds. The number of carbonyl (C=O) groups is 3. The zero-order chi connectivity index (χ0) is 12.6. The fourth-order valence-corrected chi connectivity index (χ4v) is 1.25. The van der Waals surface area contributed by atoms with Crippen LogP contribution in [0.25, 0.3) is 0 Å². The van der Waals surface area contributed by atoms with E-state index in [4.69, 9.17) is 10.8 Å². The van der Waals surface area contributed by atoms with E-state index < -0.39 is 11.9 Å². The quantitative estimate of drug-likeness (QED) is 0.504. The summed E-state index contributed by atoms with van der Waals surface area (Å²) in [5.41, 5.74) is 4.93. The minimum absolute atomic E-state index is 0.0191. The summed E-state index contributed by atoms with van der Waals surface area (Å²) in [6.45, 7) is 2.10. The lowest BCUT2D eigenvalue weighted by Gasteiger charge is -2.08. The van der Waals surface area contributed by atoms with Gasteiger partial charge in [-0.3, -0.25) is 14.4 Å². The number of aliphatic carboxylic acids is 1. The summed E-state index contributed by atoms with van der Waals surface area (Å²) in [6, 6.07) is 0. The van der Waals surface area contributed by atoms with E-state index in [9.17, 15) is 14.4 Å². The second-order valence-corrected chi connectivity index (χ2v) is 3.83. The molecule has 0 heterocycles. The number of amides is 2. The summed E-state index contributed by atoms with van der Waals surface area (Å²) in [4.78, 5) is 32.0. The van der Waals surface area contributed by atoms with Gasteiger partial charge in [0.1, 0.15) is 0 Å². The normalized spacial score (nSPS) is 11.8. The number of nitrogens with one attached hydrogen (secondary N) is 1. The molecule has 0 rings (SSSR count). The average molecular weight is 230 g/mol. The fourth-order valence-electron chi connectivity index (χ4n) is 1.25. The summed E-state index contributed by atoms with van der Waals surface area (Å²) in [7, 11) is 0. The van der Waals surface area contributed by atoms with Gasteiger partial charge in [0.2, 0.25) is 11.8 Å². The number of carbonyl (C=O) groups excluding carboxylic acids is 2. The number of carboxylic acids is 1. The topological polar surface area (TPSA) is 109 Å². The van der Waals surface area contributed by atoms with Crippen molar-refractivity contribution in [2.75, 3.05) is 6.54 Å². The van der Waals surface area contributed by atoms with E-state index in [-0.39, 0.29) is 31.1 Å². The molecular weight excluding hydrogens is 212 g/mol. The highest BCUT2D eigenvalue weighted by atomic mass is 16.4. The molecule has 4 N–H and O–H groups in total. The van der Waals surface area contributed by atoms with Gasteiger partial charge in [0, 0.05) is 25.8 Å². The zero-order valence-electron chi connectivity index (χ0n) is 9.36. The molecule has 0 aromatic rings. The summed E-state index contributed by atoms with van der Waals surface area (Å²) >= 11 is 0. The Hall–Kier alpha value is -1.59. The summed E-state index contributed by atoms with van der Waals surface area (Å²) in [5, 5.41) is 11.1. The predicted molar refractivity (Wildman–Crippen MR) is 57.5 cm³/mol. The van der Waals surface area contributed by atoms with Crippen LogP contribution in [0.1, 0.15) is 32.6 Å². The van der Waals surface area contributed by atoms with E-state index in [1.54, 1.807) is 6.92 Å². The Labute approximate surface area is 94.2 Å². The maximum absolute atomic E-state index is 11.3. The highest BCUT2D eigenvalue weighted by Gasteiger charge is 2.11. The molecule has 16 heavy (non-hydrogen) atoms. The van der Waals surface area contributed by atoms with Crippen LogP contribution in [-0.4, -0.2) is 29.4 Å². The monoisotopic (exact) mass is 230 g/mol. The van der Waals surface area contributed by atoms with E-state index in [0.29, 0.717) is 13.0 Å². The van der Waals surface area contributed by atoms with Crippen molar-refractivity contribution in [3.05, 3.63) is 0 Å². The van der Waals surface area contributed by atoms with Gasteiger partial charge in [-0.1, -0.05) is 6.92 Å². The Bertz CT molecular complexity index is 266. The predicted octanol–water partition coefficient (Wildman–Crippen LogP) is -0.131. The van der Waals surface area contributed by atoms with Crippen molar-refractivity contribution in [3.8, 4) is 0 Å². The minimum atomic E-state index is -0.908. The first-order chi connectivity index (χ1) is 7.41. The first-order valence-corrected chi connectivity index (χ1v) is 5.18. The van der Waals surface area contributed by atoms with E-state index in [2.05, 4.69) is 5.32 Å². The standard InChI is InChI=1S/C10H18N2O4/c1-7(6-10(15)16)5-9(14)12-4-2-3-8(11)13/h7H,2-6H2,1H3,(H2,11,13)(H,12,14)(H,15,16). The maximum Gasteiger partial charge on any atom is 0.303 e. The van der Waals surface area contributed by atoms with Crippen LogP contribution in [0.5, 0.6) is 0 Å². The summed E-state index contributed by atoms with van der Waals surface area (Å²) < 4.78 is 0. The Morgan fingerprint density at radius 1 is 1.31 bits per heavy atom. The first kappa shape index (κ1) is 14.4. The van der Waals surface area contributed by atoms with Gasteiger partial charge in [-0.25, -0.2) is 0 Å². The number of rotatable bonds is 8. The smallest absolute Gasteiger partial charge is 0.303 e. The second-order valence-electron chi connectivity index (χ2n) is 3.83. The third-order valence-corrected chi connectivity index (χ3v) is 1.98. The van der Waals surface area contributed by atoms with Gasteiger partial charge in [-0.2, -0.15) is 0 Å². The van der Waals surface area contributed by atoms with Gasteiger partial charge in [0.15, 0.2) is 0 Å². The van der Waals surface area contributed by atoms with E-state index in [0.717, 1.165) is 0 Å². The molecule has 0 aromatic heterocycles. The molecule has 0 spiro atoms.